The van der Waals surface area contributed by atoms with Crippen molar-refractivity contribution in [3.05, 3.63) is 35.9 Å². The monoisotopic (exact) mass is 296 g/mol. The zero-order chi connectivity index (χ0) is 12.4. The largest absolute Gasteiger partial charge is 0.375 e. The lowest BCUT2D eigenvalue weighted by atomic mass is 9.85. The summed E-state index contributed by atoms with van der Waals surface area (Å²) in [6.07, 6.45) is 1.81. The molecule has 0 aromatic heterocycles. The van der Waals surface area contributed by atoms with Crippen LogP contribution in [0.2, 0.25) is 0 Å². The molecule has 1 nitrogen and oxygen atoms in total. The molecule has 0 aliphatic carbocycles. The molecule has 5 atom stereocenters. The van der Waals surface area contributed by atoms with E-state index in [1.165, 1.54) is 5.56 Å². The Morgan fingerprint density at radius 2 is 1.76 bits per heavy atom. The van der Waals surface area contributed by atoms with E-state index in [9.17, 15) is 0 Å². The minimum absolute atomic E-state index is 0.355. The van der Waals surface area contributed by atoms with E-state index in [4.69, 9.17) is 4.74 Å². The lowest BCUT2D eigenvalue weighted by Gasteiger charge is -2.24. The first-order valence-corrected chi connectivity index (χ1v) is 7.34. The van der Waals surface area contributed by atoms with Gasteiger partial charge in [-0.3, -0.25) is 0 Å². The molecule has 0 bridgehead atoms. The molecule has 1 fully saturated rings. The van der Waals surface area contributed by atoms with Gasteiger partial charge in [0, 0.05) is 10.7 Å². The average Bonchev–Trinajstić information content (AvgIpc) is 2.54. The van der Waals surface area contributed by atoms with Crippen LogP contribution in [-0.2, 0) is 11.2 Å². The van der Waals surface area contributed by atoms with Crippen molar-refractivity contribution >= 4 is 15.9 Å². The second-order valence-electron chi connectivity index (χ2n) is 5.19. The van der Waals surface area contributed by atoms with E-state index < -0.39 is 0 Å². The number of hydrogen-bond donors (Lipinski definition) is 0. The first-order chi connectivity index (χ1) is 8.09. The molecule has 1 aliphatic rings. The molecule has 0 spiro atoms. The summed E-state index contributed by atoms with van der Waals surface area (Å²) in [5.74, 6) is 1.23. The summed E-state index contributed by atoms with van der Waals surface area (Å²) >= 11 is 3.87. The van der Waals surface area contributed by atoms with Gasteiger partial charge in [-0.15, -0.1) is 0 Å². The minimum atomic E-state index is 0.355. The van der Waals surface area contributed by atoms with Gasteiger partial charge in [0.15, 0.2) is 0 Å². The predicted octanol–water partition coefficient (Wildman–Crippen LogP) is 4.05. The summed E-state index contributed by atoms with van der Waals surface area (Å²) in [7, 11) is 0. The Balaban J connectivity index is 2.03. The number of ether oxygens (including phenoxy) is 1. The third-order valence-corrected chi connectivity index (χ3v) is 4.94. The van der Waals surface area contributed by atoms with Crippen molar-refractivity contribution in [1.82, 2.24) is 0 Å². The van der Waals surface area contributed by atoms with Crippen molar-refractivity contribution in [1.29, 1.82) is 0 Å². The van der Waals surface area contributed by atoms with Crippen molar-refractivity contribution in [2.45, 2.75) is 44.2 Å². The highest BCUT2D eigenvalue weighted by Gasteiger charge is 2.40. The highest BCUT2D eigenvalue weighted by atomic mass is 79.9. The number of alkyl halides is 1. The van der Waals surface area contributed by atoms with Gasteiger partial charge in [-0.2, -0.15) is 0 Å². The van der Waals surface area contributed by atoms with Gasteiger partial charge in [0.25, 0.3) is 0 Å². The molecule has 0 saturated carbocycles. The number of benzene rings is 1. The van der Waals surface area contributed by atoms with Crippen LogP contribution >= 0.6 is 15.9 Å². The summed E-state index contributed by atoms with van der Waals surface area (Å²) < 4.78 is 5.91. The molecule has 1 heterocycles. The number of halogens is 1. The molecule has 0 amide bonds. The molecule has 5 unspecified atom stereocenters. The van der Waals surface area contributed by atoms with E-state index in [2.05, 4.69) is 67.0 Å². The first-order valence-electron chi connectivity index (χ1n) is 6.43. The van der Waals surface area contributed by atoms with Crippen molar-refractivity contribution in [2.24, 2.45) is 11.8 Å². The minimum Gasteiger partial charge on any atom is -0.375 e. The third kappa shape index (κ3) is 2.92. The Kier molecular flexibility index (Phi) is 4.26. The van der Waals surface area contributed by atoms with E-state index >= 15 is 0 Å². The zero-order valence-corrected chi connectivity index (χ0v) is 12.4. The second-order valence-corrected chi connectivity index (χ2v) is 6.36. The molecule has 0 N–H and O–H groups in total. The van der Waals surface area contributed by atoms with Crippen LogP contribution in [0.15, 0.2) is 30.3 Å². The van der Waals surface area contributed by atoms with Gasteiger partial charge in [0.1, 0.15) is 0 Å². The lowest BCUT2D eigenvalue weighted by molar-refractivity contribution is 0.0511. The summed E-state index contributed by atoms with van der Waals surface area (Å²) in [6.45, 7) is 6.69. The SMILES string of the molecule is CC1OC(C)C(C(Br)Cc2ccccc2)C1C. The maximum atomic E-state index is 5.91. The van der Waals surface area contributed by atoms with Gasteiger partial charge in [-0.25, -0.2) is 0 Å². The topological polar surface area (TPSA) is 9.23 Å². The molecule has 2 heteroatoms. The molecule has 2 rings (SSSR count). The van der Waals surface area contributed by atoms with Gasteiger partial charge in [0.05, 0.1) is 12.2 Å². The standard InChI is InChI=1S/C15H21BrO/c1-10-11(2)17-12(3)15(10)14(16)9-13-7-5-4-6-8-13/h4-8,10-12,14-15H,9H2,1-3H3. The normalized spacial score (nSPS) is 34.8. The van der Waals surface area contributed by atoms with E-state index in [0.29, 0.717) is 28.9 Å². The van der Waals surface area contributed by atoms with Crippen LogP contribution in [0.4, 0.5) is 0 Å². The molecule has 1 saturated heterocycles. The molecular formula is C15H21BrO. The van der Waals surface area contributed by atoms with Crippen LogP contribution in [0.1, 0.15) is 26.3 Å². The van der Waals surface area contributed by atoms with Crippen molar-refractivity contribution in [2.75, 3.05) is 0 Å². The highest BCUT2D eigenvalue weighted by Crippen LogP contribution is 2.38. The van der Waals surface area contributed by atoms with Crippen LogP contribution in [0, 0.1) is 11.8 Å². The van der Waals surface area contributed by atoms with Crippen LogP contribution in [0.5, 0.6) is 0 Å². The first kappa shape index (κ1) is 13.1. The fourth-order valence-electron chi connectivity index (χ4n) is 2.89. The van der Waals surface area contributed by atoms with E-state index in [1.807, 2.05) is 0 Å². The average molecular weight is 297 g/mol. The number of rotatable bonds is 3. The Labute approximate surface area is 113 Å². The van der Waals surface area contributed by atoms with Crippen molar-refractivity contribution in [3.8, 4) is 0 Å². The van der Waals surface area contributed by atoms with E-state index in [-0.39, 0.29) is 0 Å². The molecule has 1 aromatic carbocycles. The van der Waals surface area contributed by atoms with Crippen molar-refractivity contribution in [3.63, 3.8) is 0 Å². The number of hydrogen-bond acceptors (Lipinski definition) is 1. The predicted molar refractivity (Wildman–Crippen MR) is 75.5 cm³/mol. The van der Waals surface area contributed by atoms with Crippen LogP contribution < -0.4 is 0 Å². The van der Waals surface area contributed by atoms with Crippen LogP contribution in [-0.4, -0.2) is 17.0 Å². The zero-order valence-electron chi connectivity index (χ0n) is 10.8. The Morgan fingerprint density at radius 1 is 1.12 bits per heavy atom. The second kappa shape index (κ2) is 5.53. The molecule has 17 heavy (non-hydrogen) atoms. The summed E-state index contributed by atoms with van der Waals surface area (Å²) in [6, 6.07) is 10.7. The summed E-state index contributed by atoms with van der Waals surface area (Å²) in [5, 5.41) is 0. The van der Waals surface area contributed by atoms with Crippen LogP contribution in [0.25, 0.3) is 0 Å². The Morgan fingerprint density at radius 3 is 2.29 bits per heavy atom. The molecule has 0 radical (unpaired) electrons. The molecular weight excluding hydrogens is 276 g/mol. The summed E-state index contributed by atoms with van der Waals surface area (Å²) in [5.41, 5.74) is 1.40. The van der Waals surface area contributed by atoms with Gasteiger partial charge in [-0.05, 0) is 31.7 Å². The summed E-state index contributed by atoms with van der Waals surface area (Å²) in [4.78, 5) is 0.500. The van der Waals surface area contributed by atoms with Gasteiger partial charge in [0.2, 0.25) is 0 Å². The third-order valence-electron chi connectivity index (χ3n) is 4.01. The maximum Gasteiger partial charge on any atom is 0.0593 e. The fraction of sp³-hybridized carbons (Fsp3) is 0.600. The Bertz CT molecular complexity index is 351. The van der Waals surface area contributed by atoms with Crippen molar-refractivity contribution < 1.29 is 4.74 Å². The molecule has 94 valence electrons. The van der Waals surface area contributed by atoms with Gasteiger partial charge in [-0.1, -0.05) is 53.2 Å². The molecule has 1 aliphatic heterocycles. The van der Waals surface area contributed by atoms with Crippen LogP contribution in [0.3, 0.4) is 0 Å². The fourth-order valence-corrected chi connectivity index (χ4v) is 4.18. The van der Waals surface area contributed by atoms with E-state index in [1.54, 1.807) is 0 Å². The van der Waals surface area contributed by atoms with E-state index in [0.717, 1.165) is 6.42 Å². The highest BCUT2D eigenvalue weighted by molar-refractivity contribution is 9.09. The van der Waals surface area contributed by atoms with Gasteiger partial charge < -0.3 is 4.74 Å². The lowest BCUT2D eigenvalue weighted by Crippen LogP contribution is -2.28. The van der Waals surface area contributed by atoms with Gasteiger partial charge >= 0.3 is 0 Å². The smallest absolute Gasteiger partial charge is 0.0593 e. The molecule has 1 aromatic rings. The maximum absolute atomic E-state index is 5.91. The quantitative estimate of drug-likeness (QED) is 0.765. The Hall–Kier alpha value is -0.340.